The number of imide groups is 1. The molecule has 0 N–H and O–H groups in total. The summed E-state index contributed by atoms with van der Waals surface area (Å²) in [5, 5.41) is 2.67. The Morgan fingerprint density at radius 2 is 1.46 bits per heavy atom. The molecule has 0 saturated carbocycles. The van der Waals surface area contributed by atoms with Gasteiger partial charge in [-0.1, -0.05) is 12.1 Å². The average molecular weight is 176 g/mol. The van der Waals surface area contributed by atoms with E-state index in [0.717, 1.165) is 0 Å². The van der Waals surface area contributed by atoms with Crippen molar-refractivity contribution in [1.82, 2.24) is 5.01 Å². The van der Waals surface area contributed by atoms with Gasteiger partial charge in [-0.2, -0.15) is 0 Å². The van der Waals surface area contributed by atoms with E-state index in [-0.39, 0.29) is 11.1 Å². The number of amides is 2. The highest BCUT2D eigenvalue weighted by Crippen LogP contribution is 2.21. The fourth-order valence-corrected chi connectivity index (χ4v) is 1.25. The number of benzene rings is 1. The van der Waals surface area contributed by atoms with E-state index in [4.69, 9.17) is 0 Å². The predicted octanol–water partition coefficient (Wildman–Crippen LogP) is 0.964. The molecule has 13 heavy (non-hydrogen) atoms. The third-order valence-corrected chi connectivity index (χ3v) is 1.85. The number of nitrogens with zero attached hydrogens (tertiary/aromatic N) is 2. The molecule has 1 aliphatic rings. The van der Waals surface area contributed by atoms with Crippen LogP contribution in [0.4, 0.5) is 0 Å². The Balaban J connectivity index is 2.63. The second-order valence-corrected chi connectivity index (χ2v) is 2.55. The van der Waals surface area contributed by atoms with Gasteiger partial charge in [0.05, 0.1) is 16.4 Å². The van der Waals surface area contributed by atoms with Gasteiger partial charge in [0.2, 0.25) is 0 Å². The van der Waals surface area contributed by atoms with E-state index in [1.807, 2.05) is 0 Å². The molecule has 0 saturated heterocycles. The van der Waals surface area contributed by atoms with E-state index < -0.39 is 11.8 Å². The summed E-state index contributed by atoms with van der Waals surface area (Å²) in [5.41, 5.74) is 0.458. The van der Waals surface area contributed by atoms with Gasteiger partial charge in [0.15, 0.2) is 0 Å². The van der Waals surface area contributed by atoms with Crippen molar-refractivity contribution in [1.29, 1.82) is 0 Å². The lowest BCUT2D eigenvalue weighted by molar-refractivity contribution is 0.0656. The first-order valence-corrected chi connectivity index (χ1v) is 3.57. The molecule has 0 bridgehead atoms. The second kappa shape index (κ2) is 2.48. The molecular weight excluding hydrogens is 172 g/mol. The molecule has 1 aromatic carbocycles. The lowest BCUT2D eigenvalue weighted by atomic mass is 10.1. The summed E-state index contributed by atoms with van der Waals surface area (Å²) in [7, 11) is 0. The van der Waals surface area contributed by atoms with Crippen molar-refractivity contribution in [2.75, 3.05) is 0 Å². The second-order valence-electron chi connectivity index (χ2n) is 2.55. The molecular formula is C8H4N2O3. The van der Waals surface area contributed by atoms with Crippen molar-refractivity contribution >= 4 is 11.8 Å². The summed E-state index contributed by atoms with van der Waals surface area (Å²) in [6.45, 7) is 0. The zero-order valence-electron chi connectivity index (χ0n) is 6.43. The van der Waals surface area contributed by atoms with Gasteiger partial charge in [-0.15, -0.1) is 9.92 Å². The lowest BCUT2D eigenvalue weighted by Crippen LogP contribution is -2.22. The van der Waals surface area contributed by atoms with Crippen molar-refractivity contribution in [2.24, 2.45) is 5.29 Å². The minimum absolute atomic E-state index is 0.229. The standard InChI is InChI=1S/C8H4N2O3/c11-7-5-3-1-2-4-6(5)8(12)10(7)9-13/h1-4H. The highest BCUT2D eigenvalue weighted by Gasteiger charge is 2.36. The monoisotopic (exact) mass is 176 g/mol. The number of carbonyl (C=O) groups excluding carboxylic acids is 2. The van der Waals surface area contributed by atoms with Crippen LogP contribution in [-0.2, 0) is 0 Å². The van der Waals surface area contributed by atoms with Gasteiger partial charge in [0.1, 0.15) is 0 Å². The minimum Gasteiger partial charge on any atom is -0.266 e. The Bertz CT molecular complexity index is 379. The molecule has 0 atom stereocenters. The molecule has 1 aromatic rings. The van der Waals surface area contributed by atoms with Gasteiger partial charge in [-0.25, -0.2) is 0 Å². The van der Waals surface area contributed by atoms with Gasteiger partial charge < -0.3 is 0 Å². The maximum Gasteiger partial charge on any atom is 0.284 e. The zero-order valence-corrected chi connectivity index (χ0v) is 6.43. The third-order valence-electron chi connectivity index (χ3n) is 1.85. The summed E-state index contributed by atoms with van der Waals surface area (Å²) in [5.74, 6) is -1.31. The molecule has 2 amide bonds. The molecule has 2 rings (SSSR count). The van der Waals surface area contributed by atoms with Crippen LogP contribution in [0.25, 0.3) is 0 Å². The Morgan fingerprint density at radius 1 is 1.00 bits per heavy atom. The largest absolute Gasteiger partial charge is 0.284 e. The quantitative estimate of drug-likeness (QED) is 0.472. The van der Waals surface area contributed by atoms with Crippen LogP contribution < -0.4 is 0 Å². The Morgan fingerprint density at radius 3 is 1.85 bits per heavy atom. The number of fused-ring (bicyclic) bond motifs is 1. The third kappa shape index (κ3) is 0.868. The molecule has 1 heterocycles. The van der Waals surface area contributed by atoms with E-state index in [2.05, 4.69) is 5.29 Å². The van der Waals surface area contributed by atoms with Crippen LogP contribution in [0.5, 0.6) is 0 Å². The molecule has 0 unspecified atom stereocenters. The summed E-state index contributed by atoms with van der Waals surface area (Å²) in [6, 6.07) is 6.22. The molecule has 0 aliphatic carbocycles. The van der Waals surface area contributed by atoms with Gasteiger partial charge in [-0.3, -0.25) is 9.59 Å². The Hall–Kier alpha value is -2.04. The van der Waals surface area contributed by atoms with Crippen molar-refractivity contribution in [3.8, 4) is 0 Å². The van der Waals surface area contributed by atoms with Crippen LogP contribution >= 0.6 is 0 Å². The number of rotatable bonds is 1. The fraction of sp³-hybridized carbons (Fsp3) is 0. The van der Waals surface area contributed by atoms with Gasteiger partial charge in [0, 0.05) is 0 Å². The van der Waals surface area contributed by atoms with Gasteiger partial charge in [0.25, 0.3) is 11.8 Å². The highest BCUT2D eigenvalue weighted by molar-refractivity contribution is 6.20. The normalized spacial score (nSPS) is 14.6. The van der Waals surface area contributed by atoms with E-state index in [1.165, 1.54) is 12.1 Å². The highest BCUT2D eigenvalue weighted by atomic mass is 16.3. The number of nitroso groups, excluding NO2 is 1. The van der Waals surface area contributed by atoms with E-state index in [0.29, 0.717) is 5.01 Å². The molecule has 1 aliphatic heterocycles. The summed E-state index contributed by atoms with van der Waals surface area (Å²) >= 11 is 0. The van der Waals surface area contributed by atoms with E-state index in [9.17, 15) is 14.5 Å². The molecule has 0 aromatic heterocycles. The SMILES string of the molecule is O=NN1C(=O)c2ccccc2C1=O. The summed E-state index contributed by atoms with van der Waals surface area (Å²) in [4.78, 5) is 32.6. The van der Waals surface area contributed by atoms with Crippen LogP contribution in [0.3, 0.4) is 0 Å². The molecule has 64 valence electrons. The average Bonchev–Trinajstić information content (AvgIpc) is 2.41. The van der Waals surface area contributed by atoms with E-state index in [1.54, 1.807) is 12.1 Å². The predicted molar refractivity (Wildman–Crippen MR) is 42.7 cm³/mol. The van der Waals surface area contributed by atoms with Crippen LogP contribution in [-0.4, -0.2) is 16.8 Å². The van der Waals surface area contributed by atoms with Crippen molar-refractivity contribution in [3.05, 3.63) is 40.3 Å². The number of carbonyl (C=O) groups is 2. The number of hydrogen-bond acceptors (Lipinski definition) is 4. The minimum atomic E-state index is -0.657. The molecule has 0 radical (unpaired) electrons. The van der Waals surface area contributed by atoms with Gasteiger partial charge in [-0.05, 0) is 12.1 Å². The van der Waals surface area contributed by atoms with Crippen LogP contribution in [0.2, 0.25) is 0 Å². The fourth-order valence-electron chi connectivity index (χ4n) is 1.25. The van der Waals surface area contributed by atoms with E-state index >= 15 is 0 Å². The molecule has 5 heteroatoms. The topological polar surface area (TPSA) is 66.8 Å². The first-order chi connectivity index (χ1) is 6.25. The van der Waals surface area contributed by atoms with Crippen LogP contribution in [0.1, 0.15) is 20.7 Å². The van der Waals surface area contributed by atoms with Crippen LogP contribution in [0, 0.1) is 4.91 Å². The first kappa shape index (κ1) is 7.60. The smallest absolute Gasteiger partial charge is 0.266 e. The first-order valence-electron chi connectivity index (χ1n) is 3.57. The van der Waals surface area contributed by atoms with Gasteiger partial charge >= 0.3 is 0 Å². The van der Waals surface area contributed by atoms with Crippen molar-refractivity contribution in [3.63, 3.8) is 0 Å². The Labute approximate surface area is 72.9 Å². The molecule has 0 spiro atoms. The van der Waals surface area contributed by atoms with Crippen LogP contribution in [0.15, 0.2) is 29.6 Å². The lowest BCUT2D eigenvalue weighted by Gasteiger charge is -1.97. The maximum absolute atomic E-state index is 11.2. The Kier molecular flexibility index (Phi) is 1.45. The maximum atomic E-state index is 11.2. The van der Waals surface area contributed by atoms with Crippen molar-refractivity contribution < 1.29 is 9.59 Å². The zero-order chi connectivity index (χ0) is 9.42. The summed E-state index contributed by atoms with van der Waals surface area (Å²) in [6.07, 6.45) is 0. The summed E-state index contributed by atoms with van der Waals surface area (Å²) < 4.78 is 0. The van der Waals surface area contributed by atoms with Crippen molar-refractivity contribution in [2.45, 2.75) is 0 Å². The number of hydrogen-bond donors (Lipinski definition) is 0. The molecule has 5 nitrogen and oxygen atoms in total. The molecule has 0 fully saturated rings.